The first-order valence-corrected chi connectivity index (χ1v) is 6.22. The molecule has 5 nitrogen and oxygen atoms in total. The number of nitrogens with one attached hydrogen (secondary N) is 1. The minimum Gasteiger partial charge on any atom is -0.496 e. The largest absolute Gasteiger partial charge is 0.496 e. The van der Waals surface area contributed by atoms with E-state index < -0.39 is 11.7 Å². The fourth-order valence-corrected chi connectivity index (χ4v) is 1.61. The van der Waals surface area contributed by atoms with Crippen LogP contribution in [0, 0.1) is 0 Å². The molecule has 0 unspecified atom stereocenters. The Balaban J connectivity index is 2.77. The first kappa shape index (κ1) is 15.3. The second kappa shape index (κ2) is 6.43. The summed E-state index contributed by atoms with van der Waals surface area (Å²) in [6.07, 6.45) is 0.247. The monoisotopic (exact) mass is 266 g/mol. The fraction of sp³-hybridized carbons (Fsp3) is 0.500. The van der Waals surface area contributed by atoms with Gasteiger partial charge in [-0.25, -0.2) is 4.79 Å². The van der Waals surface area contributed by atoms with Crippen LogP contribution in [0.25, 0.3) is 0 Å². The molecule has 0 heterocycles. The number of amides is 1. The standard InChI is InChI=1S/C14H22N2O3/c1-14(2,3)19-13(17)16-11-6-5-10(7-8-15)12(9-11)18-4/h5-6,9H,7-8,15H2,1-4H3,(H,16,17). The quantitative estimate of drug-likeness (QED) is 0.878. The summed E-state index contributed by atoms with van der Waals surface area (Å²) in [6, 6.07) is 5.45. The van der Waals surface area contributed by atoms with E-state index in [-0.39, 0.29) is 0 Å². The van der Waals surface area contributed by atoms with Gasteiger partial charge in [0.1, 0.15) is 11.4 Å². The van der Waals surface area contributed by atoms with E-state index in [0.717, 1.165) is 12.0 Å². The predicted octanol–water partition coefficient (Wildman–Crippen LogP) is 2.54. The summed E-state index contributed by atoms with van der Waals surface area (Å²) in [5, 5.41) is 2.67. The van der Waals surface area contributed by atoms with Crippen LogP contribution in [0.3, 0.4) is 0 Å². The second-order valence-corrected chi connectivity index (χ2v) is 5.19. The van der Waals surface area contributed by atoms with Gasteiger partial charge in [-0.2, -0.15) is 0 Å². The molecule has 106 valence electrons. The molecule has 1 amide bonds. The molecule has 0 saturated heterocycles. The lowest BCUT2D eigenvalue weighted by atomic mass is 10.1. The van der Waals surface area contributed by atoms with Gasteiger partial charge in [0.05, 0.1) is 7.11 Å². The summed E-state index contributed by atoms with van der Waals surface area (Å²) in [5.41, 5.74) is 6.65. The summed E-state index contributed by atoms with van der Waals surface area (Å²) in [6.45, 7) is 6.00. The first-order valence-electron chi connectivity index (χ1n) is 6.22. The molecule has 0 fully saturated rings. The molecule has 0 aromatic heterocycles. The molecule has 3 N–H and O–H groups in total. The summed E-state index contributed by atoms with van der Waals surface area (Å²) in [4.78, 5) is 11.6. The average Bonchev–Trinajstić information content (AvgIpc) is 2.28. The summed E-state index contributed by atoms with van der Waals surface area (Å²) >= 11 is 0. The van der Waals surface area contributed by atoms with Crippen LogP contribution in [0.1, 0.15) is 26.3 Å². The van der Waals surface area contributed by atoms with E-state index in [9.17, 15) is 4.79 Å². The van der Waals surface area contributed by atoms with Gasteiger partial charge in [0.25, 0.3) is 0 Å². The third-order valence-corrected chi connectivity index (χ3v) is 2.35. The fourth-order valence-electron chi connectivity index (χ4n) is 1.61. The van der Waals surface area contributed by atoms with Crippen molar-refractivity contribution in [3.05, 3.63) is 23.8 Å². The van der Waals surface area contributed by atoms with Crippen molar-refractivity contribution in [1.29, 1.82) is 0 Å². The molecule has 5 heteroatoms. The molecule has 1 aromatic carbocycles. The van der Waals surface area contributed by atoms with Crippen molar-refractivity contribution in [2.75, 3.05) is 19.0 Å². The van der Waals surface area contributed by atoms with E-state index in [1.807, 2.05) is 26.8 Å². The van der Waals surface area contributed by atoms with E-state index in [1.165, 1.54) is 0 Å². The smallest absolute Gasteiger partial charge is 0.412 e. The zero-order chi connectivity index (χ0) is 14.5. The topological polar surface area (TPSA) is 73.6 Å². The summed E-state index contributed by atoms with van der Waals surface area (Å²) in [5.74, 6) is 0.707. The second-order valence-electron chi connectivity index (χ2n) is 5.19. The SMILES string of the molecule is COc1cc(NC(=O)OC(C)(C)C)ccc1CCN. The lowest BCUT2D eigenvalue weighted by molar-refractivity contribution is 0.0636. The lowest BCUT2D eigenvalue weighted by Crippen LogP contribution is -2.27. The summed E-state index contributed by atoms with van der Waals surface area (Å²) in [7, 11) is 1.59. The van der Waals surface area contributed by atoms with Gasteiger partial charge in [-0.3, -0.25) is 5.32 Å². The molecule has 0 saturated carbocycles. The summed E-state index contributed by atoms with van der Waals surface area (Å²) < 4.78 is 10.5. The van der Waals surface area contributed by atoms with Crippen molar-refractivity contribution < 1.29 is 14.3 Å². The van der Waals surface area contributed by atoms with Gasteiger partial charge in [0.2, 0.25) is 0 Å². The van der Waals surface area contributed by atoms with Crippen molar-refractivity contribution in [2.24, 2.45) is 5.73 Å². The predicted molar refractivity (Wildman–Crippen MR) is 75.6 cm³/mol. The van der Waals surface area contributed by atoms with E-state index in [1.54, 1.807) is 19.2 Å². The Morgan fingerprint density at radius 3 is 2.58 bits per heavy atom. The molecule has 0 spiro atoms. The Bertz CT molecular complexity index is 439. The maximum atomic E-state index is 11.6. The molecular formula is C14H22N2O3. The Kier molecular flexibility index (Phi) is 5.18. The van der Waals surface area contributed by atoms with Crippen LogP contribution in [-0.4, -0.2) is 25.3 Å². The molecule has 0 aliphatic heterocycles. The normalized spacial score (nSPS) is 11.0. The molecule has 0 atom stereocenters. The van der Waals surface area contributed by atoms with Gasteiger partial charge < -0.3 is 15.2 Å². The van der Waals surface area contributed by atoms with Crippen LogP contribution < -0.4 is 15.8 Å². The van der Waals surface area contributed by atoms with Crippen LogP contribution >= 0.6 is 0 Å². The highest BCUT2D eigenvalue weighted by Gasteiger charge is 2.16. The highest BCUT2D eigenvalue weighted by Crippen LogP contribution is 2.23. The third-order valence-electron chi connectivity index (χ3n) is 2.35. The van der Waals surface area contributed by atoms with Crippen molar-refractivity contribution in [3.63, 3.8) is 0 Å². The number of carbonyl (C=O) groups is 1. The number of anilines is 1. The highest BCUT2D eigenvalue weighted by atomic mass is 16.6. The Morgan fingerprint density at radius 1 is 1.37 bits per heavy atom. The molecule has 0 bridgehead atoms. The maximum Gasteiger partial charge on any atom is 0.412 e. The van der Waals surface area contributed by atoms with Crippen LogP contribution in [0.15, 0.2) is 18.2 Å². The van der Waals surface area contributed by atoms with Gasteiger partial charge in [-0.15, -0.1) is 0 Å². The van der Waals surface area contributed by atoms with Gasteiger partial charge in [0.15, 0.2) is 0 Å². The van der Waals surface area contributed by atoms with Crippen molar-refractivity contribution in [2.45, 2.75) is 32.8 Å². The molecular weight excluding hydrogens is 244 g/mol. The lowest BCUT2D eigenvalue weighted by Gasteiger charge is -2.20. The van der Waals surface area contributed by atoms with E-state index in [0.29, 0.717) is 18.0 Å². The van der Waals surface area contributed by atoms with E-state index >= 15 is 0 Å². The number of hydrogen-bond acceptors (Lipinski definition) is 4. The maximum absolute atomic E-state index is 11.6. The number of rotatable bonds is 4. The Labute approximate surface area is 114 Å². The van der Waals surface area contributed by atoms with Crippen LogP contribution in [0.2, 0.25) is 0 Å². The van der Waals surface area contributed by atoms with Gasteiger partial charge >= 0.3 is 6.09 Å². The molecule has 1 rings (SSSR count). The number of methoxy groups -OCH3 is 1. The minimum absolute atomic E-state index is 0.485. The van der Waals surface area contributed by atoms with Crippen molar-refractivity contribution in [3.8, 4) is 5.75 Å². The van der Waals surface area contributed by atoms with Crippen molar-refractivity contribution in [1.82, 2.24) is 0 Å². The van der Waals surface area contributed by atoms with Crippen molar-refractivity contribution >= 4 is 11.8 Å². The zero-order valence-corrected chi connectivity index (χ0v) is 11.9. The Hall–Kier alpha value is -1.75. The van der Waals surface area contributed by atoms with Gasteiger partial charge in [-0.05, 0) is 45.4 Å². The molecule has 1 aromatic rings. The van der Waals surface area contributed by atoms with E-state index in [2.05, 4.69) is 5.32 Å². The molecule has 0 aliphatic rings. The average molecular weight is 266 g/mol. The third kappa shape index (κ3) is 5.18. The van der Waals surface area contributed by atoms with Crippen LogP contribution in [0.5, 0.6) is 5.75 Å². The minimum atomic E-state index is -0.520. The van der Waals surface area contributed by atoms with Gasteiger partial charge in [-0.1, -0.05) is 6.07 Å². The Morgan fingerprint density at radius 2 is 2.05 bits per heavy atom. The van der Waals surface area contributed by atoms with Crippen LogP contribution in [-0.2, 0) is 11.2 Å². The number of benzene rings is 1. The highest BCUT2D eigenvalue weighted by molar-refractivity contribution is 5.85. The number of nitrogens with two attached hydrogens (primary N) is 1. The van der Waals surface area contributed by atoms with Gasteiger partial charge in [0, 0.05) is 11.8 Å². The number of hydrogen-bond donors (Lipinski definition) is 2. The van der Waals surface area contributed by atoms with E-state index in [4.69, 9.17) is 15.2 Å². The number of carbonyl (C=O) groups excluding carboxylic acids is 1. The molecule has 0 aliphatic carbocycles. The molecule has 19 heavy (non-hydrogen) atoms. The first-order chi connectivity index (χ1) is 8.85. The van der Waals surface area contributed by atoms with Crippen LogP contribution in [0.4, 0.5) is 10.5 Å². The molecule has 0 radical (unpaired) electrons. The number of ether oxygens (including phenoxy) is 2. The zero-order valence-electron chi connectivity index (χ0n) is 11.9.